The lowest BCUT2D eigenvalue weighted by atomic mass is 10.1. The highest BCUT2D eigenvalue weighted by molar-refractivity contribution is 5.86. The molecular weight excluding hydrogens is 296 g/mol. The van der Waals surface area contributed by atoms with Crippen molar-refractivity contribution in [3.05, 3.63) is 71.5 Å². The van der Waals surface area contributed by atoms with Gasteiger partial charge in [0, 0.05) is 17.8 Å². The summed E-state index contributed by atoms with van der Waals surface area (Å²) in [6.07, 6.45) is 1.18. The standard InChI is InChI=1S/C20H18N4/c1-13-14(2)22-20-19(21-13)23(16-9-4-3-5-10-16)18-12-15-8-6-7-11-17(15)24(18)20/h3-11,18H,12H2,1-2H3. The average molecular weight is 314 g/mol. The van der Waals surface area contributed by atoms with E-state index >= 15 is 0 Å². The number of nitrogens with zero attached hydrogens (tertiary/aromatic N) is 4. The molecule has 2 aliphatic rings. The first kappa shape index (κ1) is 13.5. The van der Waals surface area contributed by atoms with Crippen LogP contribution in [-0.2, 0) is 6.42 Å². The van der Waals surface area contributed by atoms with Crippen LogP contribution in [0.3, 0.4) is 0 Å². The molecule has 0 radical (unpaired) electrons. The van der Waals surface area contributed by atoms with Gasteiger partial charge >= 0.3 is 0 Å². The zero-order chi connectivity index (χ0) is 16.3. The molecule has 0 amide bonds. The van der Waals surface area contributed by atoms with E-state index in [-0.39, 0.29) is 6.17 Å². The monoisotopic (exact) mass is 314 g/mol. The van der Waals surface area contributed by atoms with Crippen molar-refractivity contribution in [1.82, 2.24) is 9.97 Å². The predicted octanol–water partition coefficient (Wildman–Crippen LogP) is 4.27. The highest BCUT2D eigenvalue weighted by Crippen LogP contribution is 2.50. The van der Waals surface area contributed by atoms with Gasteiger partial charge in [-0.3, -0.25) is 0 Å². The molecule has 2 aliphatic heterocycles. The van der Waals surface area contributed by atoms with Crippen molar-refractivity contribution in [2.75, 3.05) is 9.80 Å². The van der Waals surface area contributed by atoms with Gasteiger partial charge in [0.15, 0.2) is 11.6 Å². The van der Waals surface area contributed by atoms with E-state index in [1.165, 1.54) is 11.3 Å². The van der Waals surface area contributed by atoms with E-state index in [0.29, 0.717) is 0 Å². The number of hydrogen-bond donors (Lipinski definition) is 0. The Morgan fingerprint density at radius 1 is 0.792 bits per heavy atom. The van der Waals surface area contributed by atoms with Crippen molar-refractivity contribution in [2.45, 2.75) is 26.4 Å². The number of benzene rings is 2. The first-order valence-corrected chi connectivity index (χ1v) is 8.31. The molecule has 3 aromatic rings. The Kier molecular flexibility index (Phi) is 2.71. The van der Waals surface area contributed by atoms with Crippen molar-refractivity contribution in [3.8, 4) is 0 Å². The lowest BCUT2D eigenvalue weighted by Gasteiger charge is -2.26. The van der Waals surface area contributed by atoms with Crippen molar-refractivity contribution >= 4 is 23.0 Å². The number of hydrogen-bond acceptors (Lipinski definition) is 4. The molecule has 24 heavy (non-hydrogen) atoms. The summed E-state index contributed by atoms with van der Waals surface area (Å²) >= 11 is 0. The molecule has 0 spiro atoms. The van der Waals surface area contributed by atoms with Gasteiger partial charge in [-0.1, -0.05) is 36.4 Å². The molecule has 118 valence electrons. The minimum absolute atomic E-state index is 0.209. The smallest absolute Gasteiger partial charge is 0.178 e. The van der Waals surface area contributed by atoms with E-state index in [1.807, 2.05) is 19.9 Å². The lowest BCUT2D eigenvalue weighted by molar-refractivity contribution is 0.723. The molecule has 1 aromatic heterocycles. The van der Waals surface area contributed by atoms with Crippen LogP contribution in [0, 0.1) is 13.8 Å². The number of rotatable bonds is 1. The van der Waals surface area contributed by atoms with Gasteiger partial charge in [0.1, 0.15) is 6.17 Å². The van der Waals surface area contributed by atoms with E-state index in [1.54, 1.807) is 0 Å². The van der Waals surface area contributed by atoms with Crippen LogP contribution in [0.15, 0.2) is 54.6 Å². The molecule has 0 saturated carbocycles. The van der Waals surface area contributed by atoms with Gasteiger partial charge in [-0.15, -0.1) is 0 Å². The van der Waals surface area contributed by atoms with E-state index in [4.69, 9.17) is 9.97 Å². The highest BCUT2D eigenvalue weighted by atomic mass is 15.5. The summed E-state index contributed by atoms with van der Waals surface area (Å²) in [5, 5.41) is 0. The Labute approximate surface area is 141 Å². The third-order valence-corrected chi connectivity index (χ3v) is 5.01. The summed E-state index contributed by atoms with van der Waals surface area (Å²) in [5.41, 5.74) is 5.77. The Morgan fingerprint density at radius 2 is 1.42 bits per heavy atom. The number of para-hydroxylation sites is 2. The Bertz CT molecular complexity index is 915. The van der Waals surface area contributed by atoms with Gasteiger partial charge in [-0.05, 0) is 37.6 Å². The van der Waals surface area contributed by atoms with E-state index in [0.717, 1.165) is 35.1 Å². The zero-order valence-corrected chi connectivity index (χ0v) is 13.8. The zero-order valence-electron chi connectivity index (χ0n) is 13.8. The van der Waals surface area contributed by atoms with Crippen molar-refractivity contribution < 1.29 is 0 Å². The molecule has 1 unspecified atom stereocenters. The number of anilines is 4. The van der Waals surface area contributed by atoms with Crippen LogP contribution in [0.2, 0.25) is 0 Å². The summed E-state index contributed by atoms with van der Waals surface area (Å²) in [4.78, 5) is 14.5. The fourth-order valence-electron chi connectivity index (χ4n) is 3.76. The van der Waals surface area contributed by atoms with Crippen LogP contribution in [0.5, 0.6) is 0 Å². The minimum atomic E-state index is 0.209. The number of aromatic nitrogens is 2. The van der Waals surface area contributed by atoms with Crippen LogP contribution in [0.4, 0.5) is 23.0 Å². The number of aryl methyl sites for hydroxylation is 2. The fourth-order valence-corrected chi connectivity index (χ4v) is 3.76. The molecule has 0 bridgehead atoms. The summed E-state index contributed by atoms with van der Waals surface area (Å²) < 4.78 is 0. The Morgan fingerprint density at radius 3 is 2.17 bits per heavy atom. The van der Waals surface area contributed by atoms with Gasteiger partial charge in [0.2, 0.25) is 0 Å². The normalized spacial score (nSPS) is 17.7. The second kappa shape index (κ2) is 4.81. The molecule has 5 rings (SSSR count). The summed E-state index contributed by atoms with van der Waals surface area (Å²) in [6, 6.07) is 19.1. The Hall–Kier alpha value is -2.88. The molecule has 1 atom stereocenters. The highest BCUT2D eigenvalue weighted by Gasteiger charge is 2.45. The van der Waals surface area contributed by atoms with Crippen molar-refractivity contribution in [2.24, 2.45) is 0 Å². The second-order valence-electron chi connectivity index (χ2n) is 6.43. The van der Waals surface area contributed by atoms with Crippen molar-refractivity contribution in [1.29, 1.82) is 0 Å². The van der Waals surface area contributed by atoms with Crippen LogP contribution < -0.4 is 9.80 Å². The largest absolute Gasteiger partial charge is 0.301 e. The molecule has 4 heteroatoms. The fraction of sp³-hybridized carbons (Fsp3) is 0.200. The maximum absolute atomic E-state index is 4.89. The van der Waals surface area contributed by atoms with Gasteiger partial charge in [-0.2, -0.15) is 0 Å². The molecule has 0 saturated heterocycles. The number of fused-ring (bicyclic) bond motifs is 5. The first-order valence-electron chi connectivity index (χ1n) is 8.31. The van der Waals surface area contributed by atoms with Gasteiger partial charge in [0.25, 0.3) is 0 Å². The summed E-state index contributed by atoms with van der Waals surface area (Å²) in [6.45, 7) is 4.06. The van der Waals surface area contributed by atoms with Gasteiger partial charge in [0.05, 0.1) is 11.4 Å². The maximum Gasteiger partial charge on any atom is 0.178 e. The molecule has 2 aromatic carbocycles. The van der Waals surface area contributed by atoms with E-state index < -0.39 is 0 Å². The first-order chi connectivity index (χ1) is 11.7. The molecular formula is C20H18N4. The summed E-state index contributed by atoms with van der Waals surface area (Å²) in [5.74, 6) is 1.93. The molecule has 0 fully saturated rings. The SMILES string of the molecule is Cc1nc2c(nc1C)N1c3ccccc3CC1N2c1ccccc1. The Balaban J connectivity index is 1.76. The van der Waals surface area contributed by atoms with Crippen molar-refractivity contribution in [3.63, 3.8) is 0 Å². The van der Waals surface area contributed by atoms with Crippen LogP contribution in [0.1, 0.15) is 17.0 Å². The molecule has 0 aliphatic carbocycles. The van der Waals surface area contributed by atoms with E-state index in [2.05, 4.69) is 58.3 Å². The second-order valence-corrected chi connectivity index (χ2v) is 6.43. The molecule has 3 heterocycles. The van der Waals surface area contributed by atoms with Gasteiger partial charge in [-0.25, -0.2) is 9.97 Å². The van der Waals surface area contributed by atoms with E-state index in [9.17, 15) is 0 Å². The molecule has 4 nitrogen and oxygen atoms in total. The predicted molar refractivity (Wildman–Crippen MR) is 96.2 cm³/mol. The lowest BCUT2D eigenvalue weighted by Crippen LogP contribution is -2.36. The third-order valence-electron chi connectivity index (χ3n) is 5.01. The van der Waals surface area contributed by atoms with Crippen LogP contribution in [-0.4, -0.2) is 16.1 Å². The molecule has 0 N–H and O–H groups in total. The quantitative estimate of drug-likeness (QED) is 0.671. The van der Waals surface area contributed by atoms with Crippen LogP contribution >= 0.6 is 0 Å². The minimum Gasteiger partial charge on any atom is -0.301 e. The summed E-state index contributed by atoms with van der Waals surface area (Å²) in [7, 11) is 0. The topological polar surface area (TPSA) is 32.3 Å². The van der Waals surface area contributed by atoms with Crippen LogP contribution in [0.25, 0.3) is 0 Å². The van der Waals surface area contributed by atoms with Gasteiger partial charge < -0.3 is 9.80 Å². The third kappa shape index (κ3) is 1.74. The maximum atomic E-state index is 4.89. The average Bonchev–Trinajstić information content (AvgIpc) is 3.11.